The molecule has 54 valence electrons. The molecule has 0 saturated heterocycles. The molecular weight excluding hydrogens is 122 g/mol. The Morgan fingerprint density at radius 3 is 2.44 bits per heavy atom. The van der Waals surface area contributed by atoms with Crippen molar-refractivity contribution in [1.82, 2.24) is 5.06 Å². The fraction of sp³-hybridized carbons (Fsp3) is 0.800. The van der Waals surface area contributed by atoms with Gasteiger partial charge in [0.1, 0.15) is 6.54 Å². The Labute approximate surface area is 54.0 Å². The third kappa shape index (κ3) is 3.93. The molecule has 0 unspecified atom stereocenters. The van der Waals surface area contributed by atoms with E-state index in [0.717, 1.165) is 0 Å². The zero-order valence-electron chi connectivity index (χ0n) is 5.63. The first-order chi connectivity index (χ1) is 4.20. The van der Waals surface area contributed by atoms with Crippen LogP contribution < -0.4 is 0 Å². The average molecular weight is 133 g/mol. The third-order valence-electron chi connectivity index (χ3n) is 0.923. The maximum atomic E-state index is 10.0. The molecule has 9 heavy (non-hydrogen) atoms. The molecule has 0 bridgehead atoms. The first kappa shape index (κ1) is 8.39. The van der Waals surface area contributed by atoms with E-state index in [1.807, 2.05) is 6.92 Å². The zero-order chi connectivity index (χ0) is 7.28. The van der Waals surface area contributed by atoms with Gasteiger partial charge in [-0.25, -0.2) is 0 Å². The Bertz CT molecular complexity index is 90.2. The SMILES string of the molecule is CCN(CC(=O)O)OC. The number of aliphatic carboxylic acids is 1. The van der Waals surface area contributed by atoms with Crippen LogP contribution >= 0.6 is 0 Å². The molecule has 0 fully saturated rings. The summed E-state index contributed by atoms with van der Waals surface area (Å²) >= 11 is 0. The number of hydroxylamine groups is 2. The lowest BCUT2D eigenvalue weighted by Gasteiger charge is -2.13. The van der Waals surface area contributed by atoms with E-state index in [0.29, 0.717) is 6.54 Å². The molecule has 1 N–H and O–H groups in total. The molecule has 4 nitrogen and oxygen atoms in total. The van der Waals surface area contributed by atoms with Gasteiger partial charge in [-0.15, -0.1) is 0 Å². The molecule has 0 heterocycles. The van der Waals surface area contributed by atoms with E-state index in [2.05, 4.69) is 4.84 Å². The van der Waals surface area contributed by atoms with Gasteiger partial charge in [-0.3, -0.25) is 4.79 Å². The zero-order valence-corrected chi connectivity index (χ0v) is 5.63. The van der Waals surface area contributed by atoms with Crippen molar-refractivity contribution >= 4 is 5.97 Å². The van der Waals surface area contributed by atoms with Crippen LogP contribution in [0.2, 0.25) is 0 Å². The summed E-state index contributed by atoms with van der Waals surface area (Å²) in [6.45, 7) is 2.35. The second-order valence-electron chi connectivity index (χ2n) is 1.53. The van der Waals surface area contributed by atoms with Crippen LogP contribution in [0.15, 0.2) is 0 Å². The summed E-state index contributed by atoms with van der Waals surface area (Å²) in [6.07, 6.45) is 0. The standard InChI is InChI=1S/C5H11NO3/c1-3-6(9-2)4-5(7)8/h3-4H2,1-2H3,(H,7,8). The van der Waals surface area contributed by atoms with E-state index in [1.54, 1.807) is 0 Å². The quantitative estimate of drug-likeness (QED) is 0.546. The summed E-state index contributed by atoms with van der Waals surface area (Å²) in [5, 5.41) is 9.57. The van der Waals surface area contributed by atoms with Crippen molar-refractivity contribution < 1.29 is 14.7 Å². The van der Waals surface area contributed by atoms with E-state index >= 15 is 0 Å². The molecule has 0 aliphatic rings. The van der Waals surface area contributed by atoms with Gasteiger partial charge in [-0.1, -0.05) is 6.92 Å². The number of carboxylic acid groups (broad SMARTS) is 1. The molecule has 0 rings (SSSR count). The molecule has 0 aromatic heterocycles. The molecule has 0 spiro atoms. The lowest BCUT2D eigenvalue weighted by Crippen LogP contribution is -2.28. The monoisotopic (exact) mass is 133 g/mol. The minimum absolute atomic E-state index is 0.0625. The number of carbonyl (C=O) groups is 1. The Morgan fingerprint density at radius 2 is 2.33 bits per heavy atom. The summed E-state index contributed by atoms with van der Waals surface area (Å²) < 4.78 is 0. The molecule has 0 amide bonds. The molecule has 0 aromatic rings. The molecule has 0 saturated carbocycles. The third-order valence-corrected chi connectivity index (χ3v) is 0.923. The molecule has 0 aromatic carbocycles. The van der Waals surface area contributed by atoms with E-state index in [-0.39, 0.29) is 6.54 Å². The first-order valence-electron chi connectivity index (χ1n) is 2.71. The van der Waals surface area contributed by atoms with Gasteiger partial charge in [0.15, 0.2) is 0 Å². The van der Waals surface area contributed by atoms with E-state index in [1.165, 1.54) is 12.2 Å². The highest BCUT2D eigenvalue weighted by Crippen LogP contribution is 1.84. The Hall–Kier alpha value is -0.610. The summed E-state index contributed by atoms with van der Waals surface area (Å²) in [5.74, 6) is -0.876. The average Bonchev–Trinajstić information content (AvgIpc) is 1.82. The van der Waals surface area contributed by atoms with Crippen molar-refractivity contribution in [3.8, 4) is 0 Å². The van der Waals surface area contributed by atoms with Gasteiger partial charge in [-0.2, -0.15) is 5.06 Å². The Kier molecular flexibility index (Phi) is 4.00. The Morgan fingerprint density at radius 1 is 1.78 bits per heavy atom. The van der Waals surface area contributed by atoms with Crippen molar-refractivity contribution in [2.24, 2.45) is 0 Å². The normalized spacial score (nSPS) is 10.1. The molecule has 0 atom stereocenters. The molecule has 0 radical (unpaired) electrons. The van der Waals surface area contributed by atoms with Crippen molar-refractivity contribution in [2.45, 2.75) is 6.92 Å². The van der Waals surface area contributed by atoms with E-state index < -0.39 is 5.97 Å². The van der Waals surface area contributed by atoms with Crippen LogP contribution in [0.4, 0.5) is 0 Å². The van der Waals surface area contributed by atoms with Crippen LogP contribution in [-0.2, 0) is 9.63 Å². The van der Waals surface area contributed by atoms with Crippen molar-refractivity contribution in [3.05, 3.63) is 0 Å². The highest BCUT2D eigenvalue weighted by molar-refractivity contribution is 5.68. The van der Waals surface area contributed by atoms with Crippen molar-refractivity contribution in [1.29, 1.82) is 0 Å². The summed E-state index contributed by atoms with van der Waals surface area (Å²) in [4.78, 5) is 14.7. The van der Waals surface area contributed by atoms with Gasteiger partial charge < -0.3 is 9.94 Å². The summed E-state index contributed by atoms with van der Waals surface area (Å²) in [7, 11) is 1.45. The molecule has 0 aliphatic heterocycles. The van der Waals surface area contributed by atoms with Gasteiger partial charge in [0.05, 0.1) is 7.11 Å². The number of hydrogen-bond donors (Lipinski definition) is 1. The molecule has 0 aliphatic carbocycles. The predicted octanol–water partition coefficient (Wildman–Crippen LogP) is -0.0457. The maximum Gasteiger partial charge on any atom is 0.320 e. The smallest absolute Gasteiger partial charge is 0.320 e. The van der Waals surface area contributed by atoms with Crippen LogP contribution in [0.25, 0.3) is 0 Å². The molecular formula is C5H11NO3. The van der Waals surface area contributed by atoms with Crippen LogP contribution in [-0.4, -0.2) is 36.3 Å². The van der Waals surface area contributed by atoms with Gasteiger partial charge in [0, 0.05) is 6.54 Å². The maximum absolute atomic E-state index is 10.0. The molecule has 4 heteroatoms. The highest BCUT2D eigenvalue weighted by Gasteiger charge is 2.03. The second kappa shape index (κ2) is 4.29. The highest BCUT2D eigenvalue weighted by atomic mass is 16.7. The van der Waals surface area contributed by atoms with E-state index in [9.17, 15) is 4.79 Å². The topological polar surface area (TPSA) is 49.8 Å². The van der Waals surface area contributed by atoms with Crippen LogP contribution in [0.1, 0.15) is 6.92 Å². The number of nitrogens with zero attached hydrogens (tertiary/aromatic N) is 1. The number of carboxylic acids is 1. The largest absolute Gasteiger partial charge is 0.480 e. The number of likely N-dealkylation sites (N-methyl/N-ethyl adjacent to an activating group) is 1. The van der Waals surface area contributed by atoms with Gasteiger partial charge >= 0.3 is 5.97 Å². The van der Waals surface area contributed by atoms with Crippen molar-refractivity contribution in [3.63, 3.8) is 0 Å². The van der Waals surface area contributed by atoms with Crippen LogP contribution in [0.5, 0.6) is 0 Å². The minimum Gasteiger partial charge on any atom is -0.480 e. The lowest BCUT2D eigenvalue weighted by atomic mass is 10.6. The van der Waals surface area contributed by atoms with Crippen molar-refractivity contribution in [2.75, 3.05) is 20.2 Å². The number of rotatable bonds is 4. The Balaban J connectivity index is 3.43. The van der Waals surface area contributed by atoms with E-state index in [4.69, 9.17) is 5.11 Å². The number of hydrogen-bond acceptors (Lipinski definition) is 3. The minimum atomic E-state index is -0.876. The fourth-order valence-corrected chi connectivity index (χ4v) is 0.456. The van der Waals surface area contributed by atoms with Crippen LogP contribution in [0.3, 0.4) is 0 Å². The van der Waals surface area contributed by atoms with Gasteiger partial charge in [-0.05, 0) is 0 Å². The fourth-order valence-electron chi connectivity index (χ4n) is 0.456. The van der Waals surface area contributed by atoms with Gasteiger partial charge in [0.25, 0.3) is 0 Å². The summed E-state index contributed by atoms with van der Waals surface area (Å²) in [6, 6.07) is 0. The second-order valence-corrected chi connectivity index (χ2v) is 1.53. The van der Waals surface area contributed by atoms with Gasteiger partial charge in [0.2, 0.25) is 0 Å². The predicted molar refractivity (Wildman–Crippen MR) is 31.9 cm³/mol. The van der Waals surface area contributed by atoms with Crippen LogP contribution in [0, 0.1) is 0 Å². The lowest BCUT2D eigenvalue weighted by molar-refractivity contribution is -0.162. The first-order valence-corrected chi connectivity index (χ1v) is 2.71. The summed E-state index contributed by atoms with van der Waals surface area (Å²) in [5.41, 5.74) is 0.